The molecule has 19 heavy (non-hydrogen) atoms. The predicted molar refractivity (Wildman–Crippen MR) is 77.3 cm³/mol. The maximum Gasteiger partial charge on any atom is 0.343 e. The second-order valence-electron chi connectivity index (χ2n) is 3.98. The van der Waals surface area contributed by atoms with Crippen LogP contribution in [0.4, 0.5) is 0 Å². The van der Waals surface area contributed by atoms with E-state index in [1.807, 2.05) is 25.1 Å². The van der Waals surface area contributed by atoms with Crippen molar-refractivity contribution in [3.63, 3.8) is 0 Å². The average Bonchev–Trinajstić information content (AvgIpc) is 2.74. The number of nitrogens with zero attached hydrogens (tertiary/aromatic N) is 2. The third-order valence-electron chi connectivity index (χ3n) is 2.56. The maximum atomic E-state index is 11.6. The van der Waals surface area contributed by atoms with E-state index in [-0.39, 0.29) is 12.3 Å². The number of hydrogen-bond donors (Lipinski definition) is 2. The van der Waals surface area contributed by atoms with Gasteiger partial charge in [-0.05, 0) is 41.9 Å². The lowest BCUT2D eigenvalue weighted by Gasteiger charge is -2.08. The van der Waals surface area contributed by atoms with Gasteiger partial charge in [0.15, 0.2) is 5.16 Å². The second kappa shape index (κ2) is 6.40. The summed E-state index contributed by atoms with van der Waals surface area (Å²) in [6.07, 6.45) is 0.861. The van der Waals surface area contributed by atoms with Crippen molar-refractivity contribution in [1.82, 2.24) is 14.8 Å². The molecule has 0 fully saturated rings. The molecule has 0 radical (unpaired) electrons. The Morgan fingerprint density at radius 3 is 3.00 bits per heavy atom. The van der Waals surface area contributed by atoms with Gasteiger partial charge in [0, 0.05) is 15.9 Å². The van der Waals surface area contributed by atoms with Crippen LogP contribution in [0.3, 0.4) is 0 Å². The molecule has 0 amide bonds. The minimum absolute atomic E-state index is 0.0514. The zero-order chi connectivity index (χ0) is 13.8. The van der Waals surface area contributed by atoms with E-state index in [2.05, 4.69) is 26.1 Å². The van der Waals surface area contributed by atoms with Gasteiger partial charge in [-0.1, -0.05) is 22.9 Å². The molecule has 5 nitrogen and oxygen atoms in total. The van der Waals surface area contributed by atoms with Crippen molar-refractivity contribution < 1.29 is 5.11 Å². The second-order valence-corrected chi connectivity index (χ2v) is 5.90. The lowest BCUT2D eigenvalue weighted by molar-refractivity contribution is 0.279. The van der Waals surface area contributed by atoms with Gasteiger partial charge in [-0.2, -0.15) is 0 Å². The number of aromatic amines is 1. The highest BCUT2D eigenvalue weighted by Crippen LogP contribution is 2.30. The summed E-state index contributed by atoms with van der Waals surface area (Å²) in [5, 5.41) is 16.5. The summed E-state index contributed by atoms with van der Waals surface area (Å²) in [6.45, 7) is 2.58. The van der Waals surface area contributed by atoms with E-state index in [0.717, 1.165) is 21.4 Å². The van der Waals surface area contributed by atoms with Gasteiger partial charge >= 0.3 is 5.69 Å². The summed E-state index contributed by atoms with van der Waals surface area (Å²) in [5.41, 5.74) is 0.602. The third-order valence-corrected chi connectivity index (χ3v) is 4.17. The third kappa shape index (κ3) is 3.29. The van der Waals surface area contributed by atoms with Crippen LogP contribution in [0, 0.1) is 0 Å². The number of aliphatic hydroxyl groups is 1. The van der Waals surface area contributed by atoms with Crippen LogP contribution in [-0.4, -0.2) is 19.9 Å². The molecular weight excluding hydrogens is 330 g/mol. The summed E-state index contributed by atoms with van der Waals surface area (Å²) in [7, 11) is 0. The summed E-state index contributed by atoms with van der Waals surface area (Å²) < 4.78 is 2.52. The quantitative estimate of drug-likeness (QED) is 0.874. The molecule has 0 bridgehead atoms. The van der Waals surface area contributed by atoms with E-state index >= 15 is 0 Å². The van der Waals surface area contributed by atoms with Crippen molar-refractivity contribution in [3.8, 4) is 0 Å². The highest BCUT2D eigenvalue weighted by Gasteiger charge is 2.11. The van der Waals surface area contributed by atoms with Crippen LogP contribution in [0.5, 0.6) is 0 Å². The Balaban J connectivity index is 2.33. The minimum atomic E-state index is -0.202. The summed E-state index contributed by atoms with van der Waals surface area (Å²) in [4.78, 5) is 12.5. The Morgan fingerprint density at radius 2 is 2.32 bits per heavy atom. The van der Waals surface area contributed by atoms with Crippen molar-refractivity contribution in [3.05, 3.63) is 38.7 Å². The molecule has 0 atom stereocenters. The summed E-state index contributed by atoms with van der Waals surface area (Å²) in [5.74, 6) is 0. The fraction of sp³-hybridized carbons (Fsp3) is 0.333. The van der Waals surface area contributed by atoms with Crippen molar-refractivity contribution in [2.75, 3.05) is 0 Å². The Labute approximate surface area is 123 Å². The molecule has 1 aromatic heterocycles. The predicted octanol–water partition coefficient (Wildman–Crippen LogP) is 2.39. The summed E-state index contributed by atoms with van der Waals surface area (Å²) in [6, 6.07) is 5.66. The molecule has 0 saturated carbocycles. The number of aliphatic hydroxyl groups excluding tert-OH is 1. The van der Waals surface area contributed by atoms with E-state index in [4.69, 9.17) is 0 Å². The maximum absolute atomic E-state index is 11.6. The van der Waals surface area contributed by atoms with Crippen LogP contribution in [0.15, 0.2) is 37.5 Å². The lowest BCUT2D eigenvalue weighted by Crippen LogP contribution is -2.17. The molecule has 0 saturated heterocycles. The van der Waals surface area contributed by atoms with Crippen LogP contribution in [0.1, 0.15) is 18.9 Å². The number of rotatable bonds is 5. The molecule has 0 spiro atoms. The smallest absolute Gasteiger partial charge is 0.343 e. The highest BCUT2D eigenvalue weighted by molar-refractivity contribution is 9.10. The van der Waals surface area contributed by atoms with Gasteiger partial charge in [0.2, 0.25) is 0 Å². The van der Waals surface area contributed by atoms with Gasteiger partial charge in [0.05, 0.1) is 6.61 Å². The highest BCUT2D eigenvalue weighted by atomic mass is 79.9. The molecule has 2 aromatic rings. The molecule has 2 rings (SSSR count). The largest absolute Gasteiger partial charge is 0.392 e. The van der Waals surface area contributed by atoms with Gasteiger partial charge in [-0.3, -0.25) is 4.57 Å². The zero-order valence-electron chi connectivity index (χ0n) is 10.4. The molecule has 2 N–H and O–H groups in total. The number of aromatic nitrogens is 3. The van der Waals surface area contributed by atoms with Crippen LogP contribution in [0.2, 0.25) is 0 Å². The Hall–Kier alpha value is -1.05. The number of hydrogen-bond acceptors (Lipinski definition) is 4. The molecule has 0 aliphatic heterocycles. The fourth-order valence-electron chi connectivity index (χ4n) is 1.67. The first-order valence-electron chi connectivity index (χ1n) is 5.88. The molecule has 0 unspecified atom stereocenters. The van der Waals surface area contributed by atoms with E-state index in [9.17, 15) is 9.90 Å². The Kier molecular flexibility index (Phi) is 4.84. The van der Waals surface area contributed by atoms with E-state index < -0.39 is 0 Å². The molecule has 1 aromatic carbocycles. The van der Waals surface area contributed by atoms with Crippen molar-refractivity contribution in [2.45, 2.75) is 36.5 Å². The summed E-state index contributed by atoms with van der Waals surface area (Å²) >= 11 is 4.74. The molecule has 1 heterocycles. The van der Waals surface area contributed by atoms with Gasteiger partial charge < -0.3 is 5.11 Å². The van der Waals surface area contributed by atoms with Gasteiger partial charge in [0.1, 0.15) is 0 Å². The first-order valence-corrected chi connectivity index (χ1v) is 7.49. The molecular formula is C12H14BrN3O2S. The average molecular weight is 344 g/mol. The van der Waals surface area contributed by atoms with Crippen molar-refractivity contribution in [1.29, 1.82) is 0 Å². The lowest BCUT2D eigenvalue weighted by atomic mass is 10.2. The number of nitrogens with one attached hydrogen (secondary N) is 1. The van der Waals surface area contributed by atoms with Gasteiger partial charge in [-0.15, -0.1) is 5.10 Å². The first-order chi connectivity index (χ1) is 9.15. The van der Waals surface area contributed by atoms with Crippen molar-refractivity contribution in [2.24, 2.45) is 0 Å². The molecule has 0 aliphatic rings. The van der Waals surface area contributed by atoms with Crippen LogP contribution < -0.4 is 5.69 Å². The molecule has 0 aliphatic carbocycles. The van der Waals surface area contributed by atoms with Gasteiger partial charge in [0.25, 0.3) is 0 Å². The zero-order valence-corrected chi connectivity index (χ0v) is 12.8. The topological polar surface area (TPSA) is 70.9 Å². The van der Waals surface area contributed by atoms with E-state index in [1.54, 1.807) is 4.57 Å². The molecule has 102 valence electrons. The first kappa shape index (κ1) is 14.4. The molecule has 7 heteroatoms. The van der Waals surface area contributed by atoms with Gasteiger partial charge in [-0.25, -0.2) is 9.89 Å². The normalized spacial score (nSPS) is 10.9. The van der Waals surface area contributed by atoms with E-state index in [0.29, 0.717) is 11.7 Å². The monoisotopic (exact) mass is 343 g/mol. The van der Waals surface area contributed by atoms with Crippen LogP contribution >= 0.6 is 27.7 Å². The van der Waals surface area contributed by atoms with Crippen LogP contribution in [0.25, 0.3) is 0 Å². The standard InChI is InChI=1S/C12H14BrN3O2S/c1-2-5-16-11(18)14-15-12(16)19-10-4-3-9(13)6-8(10)7-17/h3-4,6,17H,2,5,7H2,1H3,(H,14,18). The number of H-pyrrole nitrogens is 1. The Morgan fingerprint density at radius 1 is 1.53 bits per heavy atom. The Bertz CT molecular complexity index is 624. The number of benzene rings is 1. The number of halogens is 1. The van der Waals surface area contributed by atoms with Crippen LogP contribution in [-0.2, 0) is 13.2 Å². The van der Waals surface area contributed by atoms with Crippen molar-refractivity contribution >= 4 is 27.7 Å². The fourth-order valence-corrected chi connectivity index (χ4v) is 3.04. The minimum Gasteiger partial charge on any atom is -0.392 e. The van der Waals surface area contributed by atoms with E-state index in [1.165, 1.54) is 11.8 Å². The SMILES string of the molecule is CCCn1c(Sc2ccc(Br)cc2CO)n[nH]c1=O.